The van der Waals surface area contributed by atoms with Gasteiger partial charge in [-0.25, -0.2) is 0 Å². The maximum atomic E-state index is 11.5. The van der Waals surface area contributed by atoms with Gasteiger partial charge < -0.3 is 23.6 Å². The molecule has 1 N–H and O–H groups in total. The van der Waals surface area contributed by atoms with E-state index in [1.165, 1.54) is 90.0 Å². The summed E-state index contributed by atoms with van der Waals surface area (Å²) in [5, 5.41) is 0. The van der Waals surface area contributed by atoms with Crippen LogP contribution in [-0.4, -0.2) is 51.9 Å². The summed E-state index contributed by atoms with van der Waals surface area (Å²) < 4.78 is 33.2. The molecule has 8 heteroatoms. The maximum absolute atomic E-state index is 11.5. The fourth-order valence-electron chi connectivity index (χ4n) is 3.89. The number of ether oxygens (including phenoxy) is 3. The Balaban J connectivity index is 3.84. The van der Waals surface area contributed by atoms with Crippen LogP contribution in [0.3, 0.4) is 0 Å². The Hall–Kier alpha value is -0.485. The molecule has 0 aromatic carbocycles. The zero-order valence-electron chi connectivity index (χ0n) is 22.6. The van der Waals surface area contributed by atoms with Crippen molar-refractivity contribution < 1.29 is 28.2 Å². The molecule has 0 rings (SSSR count). The van der Waals surface area contributed by atoms with Crippen LogP contribution < -0.4 is 0 Å². The molecule has 0 aliphatic rings. The monoisotopic (exact) mass is 502 g/mol. The van der Waals surface area contributed by atoms with Crippen molar-refractivity contribution in [2.24, 2.45) is 5.92 Å². The SMILES string of the molecule is [B]/C(=C\OCCCCCCCCCCCCCCCC)OC(COC)C(C)C(C)OP(C)(=O)O. The summed E-state index contributed by atoms with van der Waals surface area (Å²) in [6.07, 6.45) is 19.0. The second kappa shape index (κ2) is 21.8. The van der Waals surface area contributed by atoms with Crippen LogP contribution >= 0.6 is 7.60 Å². The van der Waals surface area contributed by atoms with Gasteiger partial charge >= 0.3 is 7.60 Å². The van der Waals surface area contributed by atoms with Crippen LogP contribution in [0.15, 0.2) is 11.9 Å². The van der Waals surface area contributed by atoms with Crippen molar-refractivity contribution in [1.29, 1.82) is 0 Å². The van der Waals surface area contributed by atoms with E-state index in [2.05, 4.69) is 6.92 Å². The van der Waals surface area contributed by atoms with Crippen molar-refractivity contribution in [3.63, 3.8) is 0 Å². The first-order chi connectivity index (χ1) is 16.2. The standard InChI is InChI=1S/C26H52BO6P/c1-6-7-8-9-10-11-12-13-14-15-16-17-18-19-20-31-22-26(27)32-25(21-30-4)23(2)24(3)33-34(5,28)29/h22-25H,6-21H2,1-5H3,(H,28,29)/b26-22+. The predicted octanol–water partition coefficient (Wildman–Crippen LogP) is 7.34. The van der Waals surface area contributed by atoms with Gasteiger partial charge in [0.05, 0.1) is 25.0 Å². The predicted molar refractivity (Wildman–Crippen MR) is 142 cm³/mol. The topological polar surface area (TPSA) is 74.2 Å². The van der Waals surface area contributed by atoms with Crippen molar-refractivity contribution in [3.8, 4) is 0 Å². The van der Waals surface area contributed by atoms with Crippen LogP contribution in [0.4, 0.5) is 0 Å². The van der Waals surface area contributed by atoms with Crippen LogP contribution in [0, 0.1) is 5.92 Å². The molecule has 2 radical (unpaired) electrons. The lowest BCUT2D eigenvalue weighted by Gasteiger charge is -2.29. The number of hydrogen-bond acceptors (Lipinski definition) is 5. The summed E-state index contributed by atoms with van der Waals surface area (Å²) in [5.74, 6) is -0.210. The van der Waals surface area contributed by atoms with Crippen LogP contribution in [0.1, 0.15) is 111 Å². The summed E-state index contributed by atoms with van der Waals surface area (Å²) >= 11 is 0. The minimum Gasteiger partial charge on any atom is -0.501 e. The van der Waals surface area contributed by atoms with E-state index in [9.17, 15) is 9.46 Å². The first kappa shape index (κ1) is 33.5. The molecule has 0 amide bonds. The molecule has 4 atom stereocenters. The van der Waals surface area contributed by atoms with E-state index in [4.69, 9.17) is 26.6 Å². The third kappa shape index (κ3) is 20.9. The molecular formula is C26H52BO6P. The molecule has 6 nitrogen and oxygen atoms in total. The average molecular weight is 502 g/mol. The molecule has 0 aromatic rings. The molecule has 0 saturated heterocycles. The largest absolute Gasteiger partial charge is 0.501 e. The molecule has 0 fully saturated rings. The van der Waals surface area contributed by atoms with Crippen molar-refractivity contribution in [3.05, 3.63) is 11.9 Å². The number of methoxy groups -OCH3 is 1. The van der Waals surface area contributed by atoms with Gasteiger partial charge in [-0.05, 0) is 13.3 Å². The number of rotatable bonds is 24. The van der Waals surface area contributed by atoms with Crippen molar-refractivity contribution in [2.45, 2.75) is 123 Å². The van der Waals surface area contributed by atoms with Gasteiger partial charge in [0, 0.05) is 19.7 Å². The van der Waals surface area contributed by atoms with Crippen LogP contribution in [0.25, 0.3) is 0 Å². The van der Waals surface area contributed by atoms with Crippen molar-refractivity contribution in [2.75, 3.05) is 27.0 Å². The third-order valence-electron chi connectivity index (χ3n) is 6.12. The summed E-state index contributed by atoms with van der Waals surface area (Å²) in [6, 6.07) is 0. The van der Waals surface area contributed by atoms with Crippen molar-refractivity contribution in [1.82, 2.24) is 0 Å². The quantitative estimate of drug-likeness (QED) is 0.0644. The zero-order chi connectivity index (χ0) is 25.7. The lowest BCUT2D eigenvalue weighted by Crippen LogP contribution is -2.34. The van der Waals surface area contributed by atoms with E-state index in [-0.39, 0.29) is 18.2 Å². The molecule has 0 aliphatic carbocycles. The molecular weight excluding hydrogens is 450 g/mol. The molecule has 200 valence electrons. The van der Waals surface area contributed by atoms with Crippen LogP contribution in [0.5, 0.6) is 0 Å². The highest BCUT2D eigenvalue weighted by atomic mass is 31.2. The Morgan fingerprint density at radius 3 is 1.82 bits per heavy atom. The Morgan fingerprint density at radius 1 is 0.912 bits per heavy atom. The van der Waals surface area contributed by atoms with Gasteiger partial charge in [0.1, 0.15) is 12.4 Å². The summed E-state index contributed by atoms with van der Waals surface area (Å²) in [6.45, 7) is 7.92. The van der Waals surface area contributed by atoms with E-state index < -0.39 is 19.8 Å². The normalized spacial score (nSPS) is 16.6. The van der Waals surface area contributed by atoms with Crippen LogP contribution in [0.2, 0.25) is 0 Å². The molecule has 0 bridgehead atoms. The zero-order valence-corrected chi connectivity index (χ0v) is 23.5. The Kier molecular flexibility index (Phi) is 21.5. The lowest BCUT2D eigenvalue weighted by atomic mass is 9.98. The smallest absolute Gasteiger partial charge is 0.325 e. The van der Waals surface area contributed by atoms with E-state index in [1.54, 1.807) is 14.0 Å². The van der Waals surface area contributed by atoms with E-state index >= 15 is 0 Å². The minimum atomic E-state index is -3.58. The van der Waals surface area contributed by atoms with Gasteiger partial charge in [0.2, 0.25) is 0 Å². The third-order valence-corrected chi connectivity index (χ3v) is 6.85. The first-order valence-electron chi connectivity index (χ1n) is 13.4. The van der Waals surface area contributed by atoms with Gasteiger partial charge in [-0.2, -0.15) is 0 Å². The Morgan fingerprint density at radius 2 is 1.38 bits per heavy atom. The van der Waals surface area contributed by atoms with Crippen LogP contribution in [-0.2, 0) is 23.3 Å². The summed E-state index contributed by atoms with van der Waals surface area (Å²) in [4.78, 5) is 9.44. The minimum absolute atomic E-state index is 0.162. The average Bonchev–Trinajstić information content (AvgIpc) is 2.76. The molecule has 0 aliphatic heterocycles. The molecule has 0 heterocycles. The van der Waals surface area contributed by atoms with Crippen molar-refractivity contribution >= 4 is 15.4 Å². The Labute approximate surface area is 211 Å². The number of hydrogen-bond donors (Lipinski definition) is 1. The van der Waals surface area contributed by atoms with E-state index in [0.29, 0.717) is 6.61 Å². The second-order valence-corrected chi connectivity index (χ2v) is 11.4. The first-order valence-corrected chi connectivity index (χ1v) is 15.4. The molecule has 0 aromatic heterocycles. The highest BCUT2D eigenvalue weighted by molar-refractivity contribution is 7.51. The molecule has 34 heavy (non-hydrogen) atoms. The summed E-state index contributed by atoms with van der Waals surface area (Å²) in [7, 11) is 3.93. The second-order valence-electron chi connectivity index (χ2n) is 9.57. The van der Waals surface area contributed by atoms with Gasteiger partial charge in [0.15, 0.2) is 7.85 Å². The van der Waals surface area contributed by atoms with E-state index in [0.717, 1.165) is 12.8 Å². The van der Waals surface area contributed by atoms with Gasteiger partial charge in [-0.3, -0.25) is 4.57 Å². The van der Waals surface area contributed by atoms with E-state index in [1.807, 2.05) is 6.92 Å². The highest BCUT2D eigenvalue weighted by Crippen LogP contribution is 2.40. The number of unbranched alkanes of at least 4 members (excludes halogenated alkanes) is 13. The molecule has 0 saturated carbocycles. The van der Waals surface area contributed by atoms with Gasteiger partial charge in [-0.15, -0.1) is 0 Å². The fraction of sp³-hybridized carbons (Fsp3) is 0.923. The molecule has 0 spiro atoms. The highest BCUT2D eigenvalue weighted by Gasteiger charge is 2.28. The molecule has 4 unspecified atom stereocenters. The summed E-state index contributed by atoms with van der Waals surface area (Å²) in [5.41, 5.74) is 0.162. The Bertz CT molecular complexity index is 539. The van der Waals surface area contributed by atoms with Gasteiger partial charge in [-0.1, -0.05) is 97.3 Å². The lowest BCUT2D eigenvalue weighted by molar-refractivity contribution is -0.0233. The van der Waals surface area contributed by atoms with Gasteiger partial charge in [0.25, 0.3) is 0 Å². The fourth-order valence-corrected chi connectivity index (χ4v) is 4.70. The maximum Gasteiger partial charge on any atom is 0.325 e.